The first-order valence-corrected chi connectivity index (χ1v) is 9.39. The van der Waals surface area contributed by atoms with Gasteiger partial charge in [0.1, 0.15) is 10.6 Å². The second kappa shape index (κ2) is 8.63. The zero-order chi connectivity index (χ0) is 16.7. The number of nitrogens with one attached hydrogen (secondary N) is 1. The van der Waals surface area contributed by atoms with Gasteiger partial charge in [-0.3, -0.25) is 0 Å². The highest BCUT2D eigenvalue weighted by Gasteiger charge is 2.23. The summed E-state index contributed by atoms with van der Waals surface area (Å²) in [6.07, 6.45) is 2.00. The van der Waals surface area contributed by atoms with Crippen molar-refractivity contribution in [1.29, 1.82) is 0 Å². The molecule has 1 saturated heterocycles. The molecule has 1 N–H and O–H groups in total. The summed E-state index contributed by atoms with van der Waals surface area (Å²) in [6, 6.07) is 6.68. The van der Waals surface area contributed by atoms with Crippen LogP contribution < -0.4 is 9.46 Å². The highest BCUT2D eigenvalue weighted by molar-refractivity contribution is 7.89. The van der Waals surface area contributed by atoms with Gasteiger partial charge in [-0.05, 0) is 44.0 Å². The van der Waals surface area contributed by atoms with Gasteiger partial charge in [-0.25, -0.2) is 13.1 Å². The average Bonchev–Trinajstić information content (AvgIpc) is 2.59. The van der Waals surface area contributed by atoms with Crippen LogP contribution in [0.3, 0.4) is 0 Å². The van der Waals surface area contributed by atoms with E-state index in [0.717, 1.165) is 39.1 Å². The van der Waals surface area contributed by atoms with E-state index in [0.29, 0.717) is 18.2 Å². The van der Waals surface area contributed by atoms with E-state index in [9.17, 15) is 8.42 Å². The Hall–Kier alpha value is -1.15. The van der Waals surface area contributed by atoms with E-state index in [1.165, 1.54) is 7.11 Å². The number of hydrogen-bond acceptors (Lipinski definition) is 5. The molecule has 130 valence electrons. The molecule has 7 heteroatoms. The van der Waals surface area contributed by atoms with Crippen molar-refractivity contribution in [1.82, 2.24) is 9.62 Å². The Balaban J connectivity index is 1.86. The Labute approximate surface area is 138 Å². The molecule has 0 unspecified atom stereocenters. The molecule has 0 aromatic heterocycles. The summed E-state index contributed by atoms with van der Waals surface area (Å²) in [6.45, 7) is 4.13. The first-order chi connectivity index (χ1) is 11.1. The summed E-state index contributed by atoms with van der Waals surface area (Å²) in [5.41, 5.74) is 0. The van der Waals surface area contributed by atoms with Crippen molar-refractivity contribution in [2.45, 2.75) is 17.7 Å². The minimum absolute atomic E-state index is 0.194. The number of likely N-dealkylation sites (tertiary alicyclic amines) is 1. The molecule has 0 bridgehead atoms. The number of ether oxygens (including phenoxy) is 2. The van der Waals surface area contributed by atoms with Crippen LogP contribution in [0.5, 0.6) is 5.75 Å². The maximum absolute atomic E-state index is 12.4. The monoisotopic (exact) mass is 342 g/mol. The standard InChI is InChI=1S/C16H26N2O4S/c1-21-12-11-18-9-7-14(8-10-18)13-17-23(19,20)16-6-4-3-5-15(16)22-2/h3-6,14,17H,7-13H2,1-2H3. The molecule has 1 heterocycles. The molecule has 1 aromatic carbocycles. The van der Waals surface area contributed by atoms with Crippen molar-refractivity contribution in [3.05, 3.63) is 24.3 Å². The van der Waals surface area contributed by atoms with E-state index in [1.807, 2.05) is 0 Å². The van der Waals surface area contributed by atoms with E-state index in [2.05, 4.69) is 9.62 Å². The molecular weight excluding hydrogens is 316 g/mol. The fourth-order valence-corrected chi connectivity index (χ4v) is 4.07. The Kier molecular flexibility index (Phi) is 6.83. The first-order valence-electron chi connectivity index (χ1n) is 7.91. The molecule has 23 heavy (non-hydrogen) atoms. The van der Waals surface area contributed by atoms with E-state index in [1.54, 1.807) is 31.4 Å². The summed E-state index contributed by atoms with van der Waals surface area (Å²) in [5, 5.41) is 0. The van der Waals surface area contributed by atoms with Crippen LogP contribution in [0.2, 0.25) is 0 Å². The van der Waals surface area contributed by atoms with Gasteiger partial charge in [-0.2, -0.15) is 0 Å². The number of para-hydroxylation sites is 1. The minimum atomic E-state index is -3.54. The van der Waals surface area contributed by atoms with Crippen molar-refractivity contribution in [2.24, 2.45) is 5.92 Å². The van der Waals surface area contributed by atoms with Crippen molar-refractivity contribution in [3.8, 4) is 5.75 Å². The van der Waals surface area contributed by atoms with Crippen LogP contribution in [0.25, 0.3) is 0 Å². The molecule has 0 radical (unpaired) electrons. The molecule has 1 aromatic rings. The topological polar surface area (TPSA) is 67.9 Å². The van der Waals surface area contributed by atoms with Crippen LogP contribution in [-0.4, -0.2) is 60.3 Å². The number of piperidine rings is 1. The number of rotatable bonds is 8. The quantitative estimate of drug-likeness (QED) is 0.772. The van der Waals surface area contributed by atoms with Gasteiger partial charge in [0.05, 0.1) is 13.7 Å². The van der Waals surface area contributed by atoms with Gasteiger partial charge in [0.2, 0.25) is 10.0 Å². The largest absolute Gasteiger partial charge is 0.495 e. The molecule has 1 aliphatic rings. The Morgan fingerprint density at radius 2 is 1.91 bits per heavy atom. The van der Waals surface area contributed by atoms with Gasteiger partial charge in [0.15, 0.2) is 0 Å². The van der Waals surface area contributed by atoms with Gasteiger partial charge in [-0.15, -0.1) is 0 Å². The lowest BCUT2D eigenvalue weighted by atomic mass is 9.97. The fourth-order valence-electron chi connectivity index (χ4n) is 2.78. The van der Waals surface area contributed by atoms with Crippen LogP contribution in [0.15, 0.2) is 29.2 Å². The molecule has 2 rings (SSSR count). The summed E-state index contributed by atoms with van der Waals surface area (Å²) < 4.78 is 37.8. The highest BCUT2D eigenvalue weighted by atomic mass is 32.2. The zero-order valence-corrected chi connectivity index (χ0v) is 14.6. The van der Waals surface area contributed by atoms with Crippen molar-refractivity contribution in [3.63, 3.8) is 0 Å². The molecular formula is C16H26N2O4S. The second-order valence-electron chi connectivity index (χ2n) is 5.78. The molecule has 6 nitrogen and oxygen atoms in total. The second-order valence-corrected chi connectivity index (χ2v) is 7.52. The van der Waals surface area contributed by atoms with E-state index < -0.39 is 10.0 Å². The van der Waals surface area contributed by atoms with Gasteiger partial charge >= 0.3 is 0 Å². The van der Waals surface area contributed by atoms with Crippen LogP contribution in [0, 0.1) is 5.92 Å². The van der Waals surface area contributed by atoms with E-state index in [-0.39, 0.29) is 4.90 Å². The molecule has 0 amide bonds. The van der Waals surface area contributed by atoms with Gasteiger partial charge < -0.3 is 14.4 Å². The third-order valence-electron chi connectivity index (χ3n) is 4.24. The SMILES string of the molecule is COCCN1CCC(CNS(=O)(=O)c2ccccc2OC)CC1. The highest BCUT2D eigenvalue weighted by Crippen LogP contribution is 2.23. The summed E-state index contributed by atoms with van der Waals surface area (Å²) in [5.74, 6) is 0.743. The lowest BCUT2D eigenvalue weighted by molar-refractivity contribution is 0.121. The zero-order valence-electron chi connectivity index (χ0n) is 13.8. The van der Waals surface area contributed by atoms with Crippen LogP contribution in [0.4, 0.5) is 0 Å². The van der Waals surface area contributed by atoms with Crippen molar-refractivity contribution in [2.75, 3.05) is 47.0 Å². The average molecular weight is 342 g/mol. The molecule has 0 spiro atoms. The third-order valence-corrected chi connectivity index (χ3v) is 5.70. The summed E-state index contributed by atoms with van der Waals surface area (Å²) in [4.78, 5) is 2.55. The molecule has 1 fully saturated rings. The van der Waals surface area contributed by atoms with Crippen LogP contribution >= 0.6 is 0 Å². The fraction of sp³-hybridized carbons (Fsp3) is 0.625. The Morgan fingerprint density at radius 1 is 1.22 bits per heavy atom. The van der Waals surface area contributed by atoms with Crippen molar-refractivity contribution >= 4 is 10.0 Å². The normalized spacial score (nSPS) is 17.3. The molecule has 0 aliphatic carbocycles. The van der Waals surface area contributed by atoms with Gasteiger partial charge in [-0.1, -0.05) is 12.1 Å². The number of hydrogen-bond donors (Lipinski definition) is 1. The lowest BCUT2D eigenvalue weighted by Crippen LogP contribution is -2.39. The van der Waals surface area contributed by atoms with Crippen molar-refractivity contribution < 1.29 is 17.9 Å². The predicted molar refractivity (Wildman–Crippen MR) is 89.2 cm³/mol. The number of sulfonamides is 1. The molecule has 0 saturated carbocycles. The number of methoxy groups -OCH3 is 2. The van der Waals surface area contributed by atoms with E-state index >= 15 is 0 Å². The third kappa shape index (κ3) is 5.17. The number of benzene rings is 1. The smallest absolute Gasteiger partial charge is 0.244 e. The summed E-state index contributed by atoms with van der Waals surface area (Å²) >= 11 is 0. The van der Waals surface area contributed by atoms with Crippen LogP contribution in [0.1, 0.15) is 12.8 Å². The first kappa shape index (κ1) is 18.2. The maximum Gasteiger partial charge on any atom is 0.244 e. The number of nitrogens with zero attached hydrogens (tertiary/aromatic N) is 1. The maximum atomic E-state index is 12.4. The Bertz CT molecular complexity index is 583. The molecule has 1 aliphatic heterocycles. The predicted octanol–water partition coefficient (Wildman–Crippen LogP) is 1.33. The molecule has 0 atom stereocenters. The van der Waals surface area contributed by atoms with Crippen LogP contribution in [-0.2, 0) is 14.8 Å². The van der Waals surface area contributed by atoms with Gasteiger partial charge in [0, 0.05) is 20.2 Å². The minimum Gasteiger partial charge on any atom is -0.495 e. The Morgan fingerprint density at radius 3 is 2.57 bits per heavy atom. The lowest BCUT2D eigenvalue weighted by Gasteiger charge is -2.31. The summed E-state index contributed by atoms with van der Waals surface area (Å²) in [7, 11) is -0.355. The van der Waals surface area contributed by atoms with Gasteiger partial charge in [0.25, 0.3) is 0 Å². The van der Waals surface area contributed by atoms with E-state index in [4.69, 9.17) is 9.47 Å².